The van der Waals surface area contributed by atoms with E-state index in [0.717, 1.165) is 24.4 Å². The van der Waals surface area contributed by atoms with E-state index in [4.69, 9.17) is 5.73 Å². The smallest absolute Gasteiger partial charge is 0.284 e. The number of rotatable bonds is 5. The molecule has 5 nitrogen and oxygen atoms in total. The fourth-order valence-electron chi connectivity index (χ4n) is 1.58. The van der Waals surface area contributed by atoms with Crippen LogP contribution in [-0.2, 0) is 0 Å². The predicted octanol–water partition coefficient (Wildman–Crippen LogP) is 1.87. The molecule has 0 unspecified atom stereocenters. The Bertz CT molecular complexity index is 365. The molecule has 1 aromatic heterocycles. The normalized spacial score (nSPS) is 11.2. The van der Waals surface area contributed by atoms with Crippen LogP contribution < -0.4 is 5.73 Å². The summed E-state index contributed by atoms with van der Waals surface area (Å²) in [7, 11) is 0. The Kier molecular flexibility index (Phi) is 4.86. The Hall–Kier alpha value is -1.17. The zero-order valence-corrected chi connectivity index (χ0v) is 11.6. The minimum absolute atomic E-state index is 0.0680. The number of nitrogens with zero attached hydrogens (tertiary/aromatic N) is 3. The molecule has 0 aromatic carbocycles. The van der Waals surface area contributed by atoms with Crippen LogP contribution in [0.3, 0.4) is 0 Å². The van der Waals surface area contributed by atoms with Gasteiger partial charge in [-0.25, -0.2) is 0 Å². The highest BCUT2D eigenvalue weighted by atomic mass is 32.1. The van der Waals surface area contributed by atoms with Gasteiger partial charge in [-0.15, -0.1) is 10.2 Å². The van der Waals surface area contributed by atoms with Gasteiger partial charge in [0.25, 0.3) is 5.91 Å². The Morgan fingerprint density at radius 1 is 1.24 bits per heavy atom. The summed E-state index contributed by atoms with van der Waals surface area (Å²) in [6.45, 7) is 9.83. The number of amides is 1. The van der Waals surface area contributed by atoms with Crippen LogP contribution in [0.4, 0.5) is 5.13 Å². The van der Waals surface area contributed by atoms with Gasteiger partial charge < -0.3 is 10.6 Å². The molecule has 0 radical (unpaired) electrons. The second kappa shape index (κ2) is 5.95. The lowest BCUT2D eigenvalue weighted by atomic mass is 10.1. The van der Waals surface area contributed by atoms with Gasteiger partial charge in [0.05, 0.1) is 0 Å². The zero-order chi connectivity index (χ0) is 13.0. The van der Waals surface area contributed by atoms with Crippen molar-refractivity contribution in [2.24, 2.45) is 11.8 Å². The molecule has 17 heavy (non-hydrogen) atoms. The van der Waals surface area contributed by atoms with Crippen LogP contribution in [0.5, 0.6) is 0 Å². The van der Waals surface area contributed by atoms with Crippen molar-refractivity contribution in [2.45, 2.75) is 27.7 Å². The van der Waals surface area contributed by atoms with Gasteiger partial charge in [0.15, 0.2) is 0 Å². The quantitative estimate of drug-likeness (QED) is 0.873. The second-order valence-electron chi connectivity index (χ2n) is 4.94. The van der Waals surface area contributed by atoms with Crippen LogP contribution in [0, 0.1) is 11.8 Å². The molecule has 0 saturated carbocycles. The summed E-state index contributed by atoms with van der Waals surface area (Å²) in [4.78, 5) is 14.0. The van der Waals surface area contributed by atoms with Crippen LogP contribution in [0.1, 0.15) is 37.5 Å². The lowest BCUT2D eigenvalue weighted by Crippen LogP contribution is -2.37. The van der Waals surface area contributed by atoms with Gasteiger partial charge in [-0.05, 0) is 11.8 Å². The van der Waals surface area contributed by atoms with E-state index in [9.17, 15) is 4.79 Å². The van der Waals surface area contributed by atoms with Crippen molar-refractivity contribution in [3.8, 4) is 0 Å². The topological polar surface area (TPSA) is 72.1 Å². The van der Waals surface area contributed by atoms with Gasteiger partial charge in [0.2, 0.25) is 10.1 Å². The van der Waals surface area contributed by atoms with Crippen molar-refractivity contribution in [1.29, 1.82) is 0 Å². The van der Waals surface area contributed by atoms with Crippen LogP contribution in [0.15, 0.2) is 0 Å². The average Bonchev–Trinajstić information content (AvgIpc) is 2.61. The molecule has 1 amide bonds. The third-order valence-corrected chi connectivity index (χ3v) is 2.82. The van der Waals surface area contributed by atoms with Gasteiger partial charge in [-0.3, -0.25) is 4.79 Å². The molecule has 1 rings (SSSR count). The van der Waals surface area contributed by atoms with E-state index < -0.39 is 0 Å². The summed E-state index contributed by atoms with van der Waals surface area (Å²) in [5.41, 5.74) is 5.49. The molecule has 0 spiro atoms. The molecule has 1 aromatic rings. The summed E-state index contributed by atoms with van der Waals surface area (Å²) >= 11 is 1.14. The monoisotopic (exact) mass is 256 g/mol. The minimum atomic E-state index is -0.0680. The molecule has 0 atom stereocenters. The highest BCUT2D eigenvalue weighted by Crippen LogP contribution is 2.15. The third kappa shape index (κ3) is 4.30. The van der Waals surface area contributed by atoms with E-state index >= 15 is 0 Å². The number of carbonyl (C=O) groups is 1. The van der Waals surface area contributed by atoms with Gasteiger partial charge in [0.1, 0.15) is 0 Å². The fourth-order valence-corrected chi connectivity index (χ4v) is 2.16. The number of nitrogens with two attached hydrogens (primary N) is 1. The zero-order valence-electron chi connectivity index (χ0n) is 10.8. The average molecular weight is 256 g/mol. The molecule has 0 aliphatic heterocycles. The van der Waals surface area contributed by atoms with E-state index in [2.05, 4.69) is 37.9 Å². The first-order valence-electron chi connectivity index (χ1n) is 5.78. The standard InChI is InChI=1S/C11H20N4OS/c1-7(2)5-15(6-8(3)4)10(16)9-13-14-11(12)17-9/h7-8H,5-6H2,1-4H3,(H2,12,14). The third-order valence-electron chi connectivity index (χ3n) is 2.08. The van der Waals surface area contributed by atoms with E-state index in [0.29, 0.717) is 22.0 Å². The highest BCUT2D eigenvalue weighted by Gasteiger charge is 2.21. The van der Waals surface area contributed by atoms with Crippen molar-refractivity contribution < 1.29 is 4.79 Å². The minimum Gasteiger partial charge on any atom is -0.374 e. The first-order chi connectivity index (χ1) is 7.90. The molecule has 2 N–H and O–H groups in total. The van der Waals surface area contributed by atoms with Gasteiger partial charge in [-0.2, -0.15) is 0 Å². The maximum Gasteiger partial charge on any atom is 0.284 e. The Morgan fingerprint density at radius 2 is 1.76 bits per heavy atom. The molecule has 1 heterocycles. The first-order valence-corrected chi connectivity index (χ1v) is 6.60. The predicted molar refractivity (Wildman–Crippen MR) is 69.9 cm³/mol. The van der Waals surface area contributed by atoms with Crippen LogP contribution in [0.2, 0.25) is 0 Å². The fraction of sp³-hybridized carbons (Fsp3) is 0.727. The second-order valence-corrected chi connectivity index (χ2v) is 5.95. The Morgan fingerprint density at radius 3 is 2.12 bits per heavy atom. The van der Waals surface area contributed by atoms with Crippen molar-refractivity contribution in [3.05, 3.63) is 5.01 Å². The Balaban J connectivity index is 2.78. The van der Waals surface area contributed by atoms with Crippen molar-refractivity contribution >= 4 is 22.4 Å². The summed E-state index contributed by atoms with van der Waals surface area (Å²) in [6.07, 6.45) is 0. The lowest BCUT2D eigenvalue weighted by Gasteiger charge is -2.25. The summed E-state index contributed by atoms with van der Waals surface area (Å²) in [6, 6.07) is 0. The van der Waals surface area contributed by atoms with Crippen LogP contribution >= 0.6 is 11.3 Å². The van der Waals surface area contributed by atoms with Crippen molar-refractivity contribution in [1.82, 2.24) is 15.1 Å². The molecular weight excluding hydrogens is 236 g/mol. The largest absolute Gasteiger partial charge is 0.374 e. The summed E-state index contributed by atoms with van der Waals surface area (Å²) in [5.74, 6) is 0.799. The molecule has 0 saturated heterocycles. The molecule has 0 fully saturated rings. The highest BCUT2D eigenvalue weighted by molar-refractivity contribution is 7.16. The SMILES string of the molecule is CC(C)CN(CC(C)C)C(=O)c1nnc(N)s1. The number of carbonyl (C=O) groups excluding carboxylic acids is 1. The molecule has 6 heteroatoms. The first kappa shape index (κ1) is 13.9. The molecule has 0 aliphatic rings. The molecule has 0 bridgehead atoms. The lowest BCUT2D eigenvalue weighted by molar-refractivity contribution is 0.0714. The van der Waals surface area contributed by atoms with Gasteiger partial charge in [-0.1, -0.05) is 39.0 Å². The van der Waals surface area contributed by atoms with E-state index in [1.165, 1.54) is 0 Å². The van der Waals surface area contributed by atoms with Crippen LogP contribution in [-0.4, -0.2) is 34.1 Å². The number of hydrogen-bond acceptors (Lipinski definition) is 5. The molecule has 0 aliphatic carbocycles. The molecular formula is C11H20N4OS. The summed E-state index contributed by atoms with van der Waals surface area (Å²) < 4.78 is 0. The van der Waals surface area contributed by atoms with Gasteiger partial charge >= 0.3 is 0 Å². The number of nitrogen functional groups attached to an aromatic ring is 1. The van der Waals surface area contributed by atoms with Crippen LogP contribution in [0.25, 0.3) is 0 Å². The maximum absolute atomic E-state index is 12.2. The summed E-state index contributed by atoms with van der Waals surface area (Å²) in [5, 5.41) is 8.19. The van der Waals surface area contributed by atoms with E-state index in [1.807, 2.05) is 4.90 Å². The van der Waals surface area contributed by atoms with E-state index in [-0.39, 0.29) is 5.91 Å². The number of hydrogen-bond donors (Lipinski definition) is 1. The Labute approximate surface area is 106 Å². The van der Waals surface area contributed by atoms with E-state index in [1.54, 1.807) is 0 Å². The maximum atomic E-state index is 12.2. The van der Waals surface area contributed by atoms with Crippen molar-refractivity contribution in [2.75, 3.05) is 18.8 Å². The van der Waals surface area contributed by atoms with Gasteiger partial charge in [0, 0.05) is 13.1 Å². The number of anilines is 1. The van der Waals surface area contributed by atoms with Crippen molar-refractivity contribution in [3.63, 3.8) is 0 Å². The molecule has 96 valence electrons. The number of aromatic nitrogens is 2.